The van der Waals surface area contributed by atoms with Crippen LogP contribution in [0.25, 0.3) is 0 Å². The Morgan fingerprint density at radius 2 is 1.90 bits per heavy atom. The molecule has 0 aliphatic heterocycles. The third-order valence-electron chi connectivity index (χ3n) is 2.93. The van der Waals surface area contributed by atoms with Gasteiger partial charge in [0.25, 0.3) is 0 Å². The zero-order valence-electron chi connectivity index (χ0n) is 11.7. The van der Waals surface area contributed by atoms with Crippen LogP contribution in [-0.2, 0) is 4.79 Å². The summed E-state index contributed by atoms with van der Waals surface area (Å²) in [6.07, 6.45) is 1.64. The first-order valence-electron chi connectivity index (χ1n) is 6.41. The molecule has 108 valence electrons. The Morgan fingerprint density at radius 1 is 1.30 bits per heavy atom. The standard InChI is InChI=1S/C15H20N2O3/c1-4-5-13(14(18)19)17-15(20)16-11(3)12-8-6-10(2)7-9-12/h4,6-9,11,13H,1,5H2,2-3H3,(H,18,19)(H2,16,17,20). The molecule has 0 radical (unpaired) electrons. The summed E-state index contributed by atoms with van der Waals surface area (Å²) in [5.41, 5.74) is 2.10. The number of urea groups is 1. The van der Waals surface area contributed by atoms with Gasteiger partial charge in [-0.05, 0) is 25.8 Å². The van der Waals surface area contributed by atoms with Crippen LogP contribution in [0.3, 0.4) is 0 Å². The van der Waals surface area contributed by atoms with Crippen LogP contribution in [0.1, 0.15) is 30.5 Å². The summed E-state index contributed by atoms with van der Waals surface area (Å²) in [5.74, 6) is -1.08. The van der Waals surface area contributed by atoms with E-state index in [-0.39, 0.29) is 12.5 Å². The second-order valence-electron chi connectivity index (χ2n) is 4.67. The van der Waals surface area contributed by atoms with Crippen LogP contribution in [-0.4, -0.2) is 23.1 Å². The van der Waals surface area contributed by atoms with Crippen LogP contribution >= 0.6 is 0 Å². The number of aliphatic carboxylic acids is 1. The average Bonchev–Trinajstić information content (AvgIpc) is 2.38. The fourth-order valence-electron chi connectivity index (χ4n) is 1.72. The van der Waals surface area contributed by atoms with Crippen molar-refractivity contribution in [1.82, 2.24) is 10.6 Å². The Balaban J connectivity index is 2.58. The molecule has 2 atom stereocenters. The van der Waals surface area contributed by atoms with Crippen molar-refractivity contribution in [2.45, 2.75) is 32.4 Å². The van der Waals surface area contributed by atoms with Crippen molar-refractivity contribution in [2.24, 2.45) is 0 Å². The topological polar surface area (TPSA) is 78.4 Å². The fourth-order valence-corrected chi connectivity index (χ4v) is 1.72. The van der Waals surface area contributed by atoms with Crippen LogP contribution < -0.4 is 10.6 Å². The van der Waals surface area contributed by atoms with Crippen molar-refractivity contribution >= 4 is 12.0 Å². The van der Waals surface area contributed by atoms with E-state index in [1.807, 2.05) is 38.1 Å². The molecule has 5 heteroatoms. The van der Waals surface area contributed by atoms with Crippen molar-refractivity contribution < 1.29 is 14.7 Å². The van der Waals surface area contributed by atoms with E-state index < -0.39 is 18.0 Å². The maximum Gasteiger partial charge on any atom is 0.326 e. The van der Waals surface area contributed by atoms with E-state index in [2.05, 4.69) is 17.2 Å². The van der Waals surface area contributed by atoms with Crippen molar-refractivity contribution in [3.8, 4) is 0 Å². The number of amides is 2. The second-order valence-corrected chi connectivity index (χ2v) is 4.67. The molecule has 0 saturated heterocycles. The van der Waals surface area contributed by atoms with E-state index in [4.69, 9.17) is 5.11 Å². The minimum absolute atomic E-state index is 0.182. The molecular weight excluding hydrogens is 256 g/mol. The maximum absolute atomic E-state index is 11.8. The van der Waals surface area contributed by atoms with Crippen LogP contribution in [0.2, 0.25) is 0 Å². The lowest BCUT2D eigenvalue weighted by atomic mass is 10.1. The third kappa shape index (κ3) is 4.76. The smallest absolute Gasteiger partial charge is 0.326 e. The molecule has 2 amide bonds. The zero-order chi connectivity index (χ0) is 15.1. The van der Waals surface area contributed by atoms with Crippen LogP contribution in [0.15, 0.2) is 36.9 Å². The summed E-state index contributed by atoms with van der Waals surface area (Å²) in [4.78, 5) is 22.7. The van der Waals surface area contributed by atoms with Gasteiger partial charge in [-0.15, -0.1) is 6.58 Å². The zero-order valence-corrected chi connectivity index (χ0v) is 11.7. The Labute approximate surface area is 118 Å². The van der Waals surface area contributed by atoms with Crippen LogP contribution in [0.4, 0.5) is 4.79 Å². The lowest BCUT2D eigenvalue weighted by molar-refractivity contribution is -0.139. The normalized spacial score (nSPS) is 13.1. The van der Waals surface area contributed by atoms with Gasteiger partial charge in [-0.25, -0.2) is 9.59 Å². The van der Waals surface area contributed by atoms with Gasteiger partial charge >= 0.3 is 12.0 Å². The summed E-state index contributed by atoms with van der Waals surface area (Å²) in [6.45, 7) is 7.30. The summed E-state index contributed by atoms with van der Waals surface area (Å²) in [5, 5.41) is 14.1. The van der Waals surface area contributed by atoms with E-state index in [0.29, 0.717) is 0 Å². The highest BCUT2D eigenvalue weighted by Crippen LogP contribution is 2.12. The predicted molar refractivity (Wildman–Crippen MR) is 77.5 cm³/mol. The van der Waals surface area contributed by atoms with Crippen molar-refractivity contribution in [1.29, 1.82) is 0 Å². The summed E-state index contributed by atoms with van der Waals surface area (Å²) in [7, 11) is 0. The minimum Gasteiger partial charge on any atom is -0.480 e. The van der Waals surface area contributed by atoms with Crippen LogP contribution in [0, 0.1) is 6.92 Å². The van der Waals surface area contributed by atoms with Crippen molar-refractivity contribution in [3.63, 3.8) is 0 Å². The molecule has 3 N–H and O–H groups in total. The number of hydrogen-bond acceptors (Lipinski definition) is 2. The van der Waals surface area contributed by atoms with Crippen molar-refractivity contribution in [3.05, 3.63) is 48.0 Å². The lowest BCUT2D eigenvalue weighted by Crippen LogP contribution is -2.46. The molecule has 2 unspecified atom stereocenters. The van der Waals surface area contributed by atoms with E-state index in [1.165, 1.54) is 6.08 Å². The second kappa shape index (κ2) is 7.33. The number of hydrogen-bond donors (Lipinski definition) is 3. The molecule has 20 heavy (non-hydrogen) atoms. The van der Waals surface area contributed by atoms with E-state index in [9.17, 15) is 9.59 Å². The van der Waals surface area contributed by atoms with Gasteiger partial charge in [0.05, 0.1) is 6.04 Å². The molecule has 1 aromatic carbocycles. The lowest BCUT2D eigenvalue weighted by Gasteiger charge is -2.18. The molecule has 0 aliphatic rings. The molecule has 0 fully saturated rings. The van der Waals surface area contributed by atoms with Gasteiger partial charge in [0, 0.05) is 0 Å². The molecule has 0 saturated carbocycles. The Hall–Kier alpha value is -2.30. The maximum atomic E-state index is 11.8. The Kier molecular flexibility index (Phi) is 5.77. The number of carboxylic acid groups (broad SMARTS) is 1. The quantitative estimate of drug-likeness (QED) is 0.698. The van der Waals surface area contributed by atoms with Gasteiger partial charge in [0.2, 0.25) is 0 Å². The van der Waals surface area contributed by atoms with Gasteiger partial charge in [-0.2, -0.15) is 0 Å². The van der Waals surface area contributed by atoms with Gasteiger partial charge in [-0.1, -0.05) is 35.9 Å². The highest BCUT2D eigenvalue weighted by Gasteiger charge is 2.19. The number of nitrogens with one attached hydrogen (secondary N) is 2. The minimum atomic E-state index is -1.08. The summed E-state index contributed by atoms with van der Waals surface area (Å²) in [6, 6.07) is 6.11. The molecular formula is C15H20N2O3. The Morgan fingerprint density at radius 3 is 2.40 bits per heavy atom. The Bertz CT molecular complexity index is 482. The third-order valence-corrected chi connectivity index (χ3v) is 2.93. The fraction of sp³-hybridized carbons (Fsp3) is 0.333. The molecule has 0 heterocycles. The van der Waals surface area contributed by atoms with Crippen molar-refractivity contribution in [2.75, 3.05) is 0 Å². The number of aryl methyl sites for hydroxylation is 1. The van der Waals surface area contributed by atoms with Gasteiger partial charge in [-0.3, -0.25) is 0 Å². The first-order chi connectivity index (χ1) is 9.43. The molecule has 1 rings (SSSR count). The molecule has 0 aliphatic carbocycles. The van der Waals surface area contributed by atoms with Gasteiger partial charge in [0.1, 0.15) is 6.04 Å². The molecule has 0 aromatic heterocycles. The van der Waals surface area contributed by atoms with E-state index in [0.717, 1.165) is 11.1 Å². The highest BCUT2D eigenvalue weighted by atomic mass is 16.4. The first-order valence-corrected chi connectivity index (χ1v) is 6.41. The SMILES string of the molecule is C=CCC(NC(=O)NC(C)c1ccc(C)cc1)C(=O)O. The largest absolute Gasteiger partial charge is 0.480 e. The number of benzene rings is 1. The number of carbonyl (C=O) groups is 2. The number of carboxylic acids is 1. The predicted octanol–water partition coefficient (Wildman–Crippen LogP) is 2.38. The summed E-state index contributed by atoms with van der Waals surface area (Å²) >= 11 is 0. The summed E-state index contributed by atoms with van der Waals surface area (Å²) < 4.78 is 0. The van der Waals surface area contributed by atoms with E-state index >= 15 is 0 Å². The molecule has 0 spiro atoms. The van der Waals surface area contributed by atoms with Gasteiger partial charge in [0.15, 0.2) is 0 Å². The average molecular weight is 276 g/mol. The first kappa shape index (κ1) is 15.8. The molecule has 5 nitrogen and oxygen atoms in total. The number of carbonyl (C=O) groups excluding carboxylic acids is 1. The van der Waals surface area contributed by atoms with E-state index in [1.54, 1.807) is 0 Å². The molecule has 1 aromatic rings. The van der Waals surface area contributed by atoms with Gasteiger partial charge < -0.3 is 15.7 Å². The highest BCUT2D eigenvalue weighted by molar-refractivity contribution is 5.82. The van der Waals surface area contributed by atoms with Crippen LogP contribution in [0.5, 0.6) is 0 Å². The molecule has 0 bridgehead atoms. The number of rotatable bonds is 6. The monoisotopic (exact) mass is 276 g/mol.